The monoisotopic (exact) mass is 424 g/mol. The molecule has 0 saturated heterocycles. The van der Waals surface area contributed by atoms with Gasteiger partial charge in [0, 0.05) is 25.6 Å². The molecule has 0 heterocycles. The zero-order chi connectivity index (χ0) is 22.1. The van der Waals surface area contributed by atoms with E-state index in [9.17, 15) is 13.9 Å². The van der Waals surface area contributed by atoms with Gasteiger partial charge in [0.15, 0.2) is 11.5 Å². The molecule has 0 aliphatic rings. The summed E-state index contributed by atoms with van der Waals surface area (Å²) in [5.74, 6) is 0.151. The van der Waals surface area contributed by atoms with Gasteiger partial charge in [-0.05, 0) is 37.4 Å². The number of alkyl halides is 2. The molecule has 0 spiro atoms. The van der Waals surface area contributed by atoms with E-state index in [1.54, 1.807) is 12.1 Å². The van der Waals surface area contributed by atoms with Crippen LogP contribution in [0.3, 0.4) is 0 Å². The van der Waals surface area contributed by atoms with Crippen molar-refractivity contribution in [2.75, 3.05) is 41.4 Å². The number of rotatable bonds is 12. The van der Waals surface area contributed by atoms with Gasteiger partial charge in [-0.15, -0.1) is 0 Å². The summed E-state index contributed by atoms with van der Waals surface area (Å²) in [5.41, 5.74) is 1.64. The molecule has 166 valence electrons. The molecule has 2 rings (SSSR count). The van der Waals surface area contributed by atoms with Gasteiger partial charge in [0.25, 0.3) is 0 Å². The number of hydrogen-bond donors (Lipinski definition) is 2. The Morgan fingerprint density at radius 1 is 1.03 bits per heavy atom. The normalized spacial score (nSPS) is 13.4. The highest BCUT2D eigenvalue weighted by Crippen LogP contribution is 2.39. The van der Waals surface area contributed by atoms with Gasteiger partial charge in [0.2, 0.25) is 5.75 Å². The van der Waals surface area contributed by atoms with E-state index < -0.39 is 12.7 Å². The molecule has 0 bridgehead atoms. The van der Waals surface area contributed by atoms with Gasteiger partial charge in [-0.1, -0.05) is 30.3 Å². The van der Waals surface area contributed by atoms with Crippen LogP contribution in [0.15, 0.2) is 42.5 Å². The second-order valence-corrected chi connectivity index (χ2v) is 7.22. The molecular formula is C22H30F2N2O4. The SMILES string of the molecule is COc1cc(CNC[C@H](CN(C)C)[C@@H](O)c2ccccc2)cc(OC)c1OC(F)F. The molecule has 2 N–H and O–H groups in total. The highest BCUT2D eigenvalue weighted by molar-refractivity contribution is 5.53. The number of aliphatic hydroxyl groups excluding tert-OH is 1. The van der Waals surface area contributed by atoms with E-state index in [1.165, 1.54) is 14.2 Å². The van der Waals surface area contributed by atoms with Crippen LogP contribution in [-0.4, -0.2) is 58.0 Å². The third-order valence-electron chi connectivity index (χ3n) is 4.65. The number of nitrogens with zero attached hydrogens (tertiary/aromatic N) is 1. The first-order chi connectivity index (χ1) is 14.3. The van der Waals surface area contributed by atoms with E-state index in [2.05, 4.69) is 10.1 Å². The number of aliphatic hydroxyl groups is 1. The van der Waals surface area contributed by atoms with E-state index in [4.69, 9.17) is 9.47 Å². The molecular weight excluding hydrogens is 394 g/mol. The van der Waals surface area contributed by atoms with Crippen LogP contribution in [-0.2, 0) is 6.54 Å². The predicted octanol–water partition coefficient (Wildman–Crippen LogP) is 3.31. The largest absolute Gasteiger partial charge is 0.493 e. The fourth-order valence-corrected chi connectivity index (χ4v) is 3.31. The number of hydrogen-bond acceptors (Lipinski definition) is 6. The molecule has 0 saturated carbocycles. The molecule has 2 atom stereocenters. The van der Waals surface area contributed by atoms with E-state index in [1.807, 2.05) is 49.3 Å². The summed E-state index contributed by atoms with van der Waals surface area (Å²) in [5, 5.41) is 14.2. The van der Waals surface area contributed by atoms with Crippen molar-refractivity contribution in [1.29, 1.82) is 0 Å². The van der Waals surface area contributed by atoms with Crippen LogP contribution in [0.4, 0.5) is 8.78 Å². The van der Waals surface area contributed by atoms with Gasteiger partial charge >= 0.3 is 6.61 Å². The van der Waals surface area contributed by atoms with Gasteiger partial charge in [-0.2, -0.15) is 8.78 Å². The lowest BCUT2D eigenvalue weighted by Gasteiger charge is -2.27. The molecule has 0 fully saturated rings. The van der Waals surface area contributed by atoms with Crippen molar-refractivity contribution in [3.8, 4) is 17.2 Å². The van der Waals surface area contributed by atoms with Crippen LogP contribution in [0.1, 0.15) is 17.2 Å². The van der Waals surface area contributed by atoms with Crippen LogP contribution in [0.5, 0.6) is 17.2 Å². The Hall–Kier alpha value is -2.42. The average molecular weight is 424 g/mol. The minimum absolute atomic E-state index is 0.0485. The second-order valence-electron chi connectivity index (χ2n) is 7.22. The standard InChI is InChI=1S/C22H30F2N2O4/c1-26(2)14-17(20(27)16-8-6-5-7-9-16)13-25-12-15-10-18(28-3)21(30-22(23)24)19(11-15)29-4/h5-11,17,20,22,25,27H,12-14H2,1-4H3/t17-,20+/m1/s1. The molecule has 0 radical (unpaired) electrons. The second kappa shape index (κ2) is 11.7. The van der Waals surface area contributed by atoms with E-state index in [0.717, 1.165) is 11.1 Å². The first kappa shape index (κ1) is 23.9. The van der Waals surface area contributed by atoms with E-state index in [0.29, 0.717) is 19.6 Å². The third-order valence-corrected chi connectivity index (χ3v) is 4.65. The van der Waals surface area contributed by atoms with Crippen LogP contribution < -0.4 is 19.5 Å². The number of methoxy groups -OCH3 is 2. The lowest BCUT2D eigenvalue weighted by molar-refractivity contribution is -0.0526. The molecule has 0 aliphatic carbocycles. The van der Waals surface area contributed by atoms with Crippen LogP contribution >= 0.6 is 0 Å². The first-order valence-corrected chi connectivity index (χ1v) is 9.63. The van der Waals surface area contributed by atoms with Crippen molar-refractivity contribution in [3.05, 3.63) is 53.6 Å². The van der Waals surface area contributed by atoms with Gasteiger partial charge in [-0.25, -0.2) is 0 Å². The molecule has 0 aliphatic heterocycles. The molecule has 6 nitrogen and oxygen atoms in total. The fourth-order valence-electron chi connectivity index (χ4n) is 3.31. The zero-order valence-electron chi connectivity index (χ0n) is 17.8. The van der Waals surface area contributed by atoms with Gasteiger partial charge in [0.05, 0.1) is 20.3 Å². The Kier molecular flexibility index (Phi) is 9.29. The Bertz CT molecular complexity index is 750. The summed E-state index contributed by atoms with van der Waals surface area (Å²) in [7, 11) is 6.69. The Balaban J connectivity index is 2.10. The summed E-state index contributed by atoms with van der Waals surface area (Å²) in [6, 6.07) is 12.8. The summed E-state index contributed by atoms with van der Waals surface area (Å²) < 4.78 is 40.3. The van der Waals surface area contributed by atoms with E-state index >= 15 is 0 Å². The molecule has 0 unspecified atom stereocenters. The number of benzene rings is 2. The number of nitrogens with one attached hydrogen (secondary N) is 1. The maximum Gasteiger partial charge on any atom is 0.387 e. The van der Waals surface area contributed by atoms with Crippen molar-refractivity contribution >= 4 is 0 Å². The van der Waals surface area contributed by atoms with Crippen molar-refractivity contribution in [1.82, 2.24) is 10.2 Å². The van der Waals surface area contributed by atoms with Crippen LogP contribution in [0.2, 0.25) is 0 Å². The zero-order valence-corrected chi connectivity index (χ0v) is 17.8. The predicted molar refractivity (Wildman–Crippen MR) is 111 cm³/mol. The smallest absolute Gasteiger partial charge is 0.387 e. The van der Waals surface area contributed by atoms with Gasteiger partial charge in [0.1, 0.15) is 0 Å². The summed E-state index contributed by atoms with van der Waals surface area (Å²) in [4.78, 5) is 2.03. The average Bonchev–Trinajstić information content (AvgIpc) is 2.73. The number of ether oxygens (including phenoxy) is 3. The molecule has 30 heavy (non-hydrogen) atoms. The van der Waals surface area contributed by atoms with E-state index in [-0.39, 0.29) is 23.2 Å². The Morgan fingerprint density at radius 2 is 1.63 bits per heavy atom. The topological polar surface area (TPSA) is 63.2 Å². The fraction of sp³-hybridized carbons (Fsp3) is 0.455. The highest BCUT2D eigenvalue weighted by atomic mass is 19.3. The van der Waals surface area contributed by atoms with Crippen molar-refractivity contribution in [3.63, 3.8) is 0 Å². The quantitative estimate of drug-likeness (QED) is 0.545. The maximum atomic E-state index is 12.7. The first-order valence-electron chi connectivity index (χ1n) is 9.63. The van der Waals surface area contributed by atoms with Crippen molar-refractivity contribution in [2.45, 2.75) is 19.3 Å². The maximum absolute atomic E-state index is 12.7. The van der Waals surface area contributed by atoms with Crippen LogP contribution in [0, 0.1) is 5.92 Å². The van der Waals surface area contributed by atoms with Crippen LogP contribution in [0.25, 0.3) is 0 Å². The molecule has 2 aromatic rings. The molecule has 8 heteroatoms. The third kappa shape index (κ3) is 6.83. The van der Waals surface area contributed by atoms with Gasteiger partial charge in [-0.3, -0.25) is 0 Å². The summed E-state index contributed by atoms with van der Waals surface area (Å²) in [6.45, 7) is -1.30. The minimum atomic E-state index is -2.98. The van der Waals surface area contributed by atoms with Crippen molar-refractivity contribution < 1.29 is 28.1 Å². The number of halogens is 2. The Morgan fingerprint density at radius 3 is 2.13 bits per heavy atom. The summed E-state index contributed by atoms with van der Waals surface area (Å²) >= 11 is 0. The minimum Gasteiger partial charge on any atom is -0.493 e. The molecule has 2 aromatic carbocycles. The van der Waals surface area contributed by atoms with Gasteiger partial charge < -0.3 is 29.5 Å². The van der Waals surface area contributed by atoms with Crippen molar-refractivity contribution in [2.24, 2.45) is 5.92 Å². The molecule has 0 aromatic heterocycles. The lowest BCUT2D eigenvalue weighted by atomic mass is 9.95. The summed E-state index contributed by atoms with van der Waals surface area (Å²) in [6.07, 6.45) is -0.619. The molecule has 0 amide bonds. The Labute approximate surface area is 176 Å². The highest BCUT2D eigenvalue weighted by Gasteiger charge is 2.22. The lowest BCUT2D eigenvalue weighted by Crippen LogP contribution is -2.34.